The zero-order chi connectivity index (χ0) is 16.6. The van der Waals surface area contributed by atoms with Crippen LogP contribution in [0.4, 0.5) is 4.79 Å². The summed E-state index contributed by atoms with van der Waals surface area (Å²) in [7, 11) is 0. The van der Waals surface area contributed by atoms with E-state index in [9.17, 15) is 4.79 Å². The van der Waals surface area contributed by atoms with Gasteiger partial charge in [0.05, 0.1) is 0 Å². The Labute approximate surface area is 144 Å². The maximum absolute atomic E-state index is 12.5. The zero-order valence-corrected chi connectivity index (χ0v) is 14.3. The predicted octanol–water partition coefficient (Wildman–Crippen LogP) is 1.92. The van der Waals surface area contributed by atoms with E-state index in [1.807, 2.05) is 4.90 Å². The standard InChI is InChI=1S/C19H28N4O/c20-19-8-7-17(19)13-23(14-19)18(24)21-11-15-5-1-2-6-16(15)12-22-9-3-4-10-22/h1-2,5-6,17H,3-4,7-14,20H2,(H,21,24)/t17-,19-/m0/s1. The van der Waals surface area contributed by atoms with Crippen LogP contribution in [-0.2, 0) is 13.1 Å². The molecule has 2 aliphatic heterocycles. The van der Waals surface area contributed by atoms with Crippen LogP contribution in [0.15, 0.2) is 24.3 Å². The molecule has 1 aromatic carbocycles. The van der Waals surface area contributed by atoms with Gasteiger partial charge in [-0.1, -0.05) is 24.3 Å². The molecule has 3 aliphatic rings. The van der Waals surface area contributed by atoms with Crippen molar-refractivity contribution in [1.82, 2.24) is 15.1 Å². The van der Waals surface area contributed by atoms with Gasteiger partial charge in [-0.3, -0.25) is 4.90 Å². The lowest BCUT2D eigenvalue weighted by atomic mass is 9.70. The molecule has 1 aromatic rings. The van der Waals surface area contributed by atoms with Crippen LogP contribution in [0.1, 0.15) is 36.8 Å². The Kier molecular flexibility index (Phi) is 4.22. The molecule has 5 heteroatoms. The number of fused-ring (bicyclic) bond motifs is 1. The van der Waals surface area contributed by atoms with E-state index in [0.29, 0.717) is 19.0 Å². The van der Waals surface area contributed by atoms with Gasteiger partial charge >= 0.3 is 6.03 Å². The van der Waals surface area contributed by atoms with Crippen molar-refractivity contribution in [1.29, 1.82) is 0 Å². The van der Waals surface area contributed by atoms with Gasteiger partial charge in [0.25, 0.3) is 0 Å². The van der Waals surface area contributed by atoms with Crippen LogP contribution < -0.4 is 11.1 Å². The van der Waals surface area contributed by atoms with Gasteiger partial charge in [-0.25, -0.2) is 4.79 Å². The number of benzene rings is 1. The molecule has 1 aliphatic carbocycles. The fourth-order valence-corrected chi connectivity index (χ4v) is 4.39. The van der Waals surface area contributed by atoms with E-state index < -0.39 is 0 Å². The summed E-state index contributed by atoms with van der Waals surface area (Å²) in [6, 6.07) is 8.49. The van der Waals surface area contributed by atoms with Crippen molar-refractivity contribution >= 4 is 6.03 Å². The van der Waals surface area contributed by atoms with Gasteiger partial charge in [0.2, 0.25) is 0 Å². The van der Waals surface area contributed by atoms with E-state index in [-0.39, 0.29) is 11.6 Å². The van der Waals surface area contributed by atoms with Crippen LogP contribution in [0.3, 0.4) is 0 Å². The number of rotatable bonds is 4. The summed E-state index contributed by atoms with van der Waals surface area (Å²) in [4.78, 5) is 16.9. The lowest BCUT2D eigenvalue weighted by Crippen LogP contribution is -2.55. The first-order valence-corrected chi connectivity index (χ1v) is 9.25. The van der Waals surface area contributed by atoms with Gasteiger partial charge in [-0.15, -0.1) is 0 Å². The number of carbonyl (C=O) groups excluding carboxylic acids is 1. The molecule has 3 fully saturated rings. The van der Waals surface area contributed by atoms with Crippen LogP contribution in [-0.4, -0.2) is 47.5 Å². The normalized spacial score (nSPS) is 29.4. The average Bonchev–Trinajstić information content (AvgIpc) is 3.16. The Hall–Kier alpha value is -1.59. The molecular formula is C19H28N4O. The monoisotopic (exact) mass is 328 g/mol. The highest BCUT2D eigenvalue weighted by Crippen LogP contribution is 2.42. The van der Waals surface area contributed by atoms with Gasteiger partial charge in [0.15, 0.2) is 0 Å². The number of likely N-dealkylation sites (tertiary alicyclic amines) is 2. The quantitative estimate of drug-likeness (QED) is 0.888. The minimum atomic E-state index is -0.106. The van der Waals surface area contributed by atoms with Crippen LogP contribution in [0.5, 0.6) is 0 Å². The van der Waals surface area contributed by atoms with Crippen molar-refractivity contribution in [2.45, 2.75) is 44.3 Å². The maximum atomic E-state index is 12.5. The van der Waals surface area contributed by atoms with Gasteiger partial charge in [0.1, 0.15) is 0 Å². The van der Waals surface area contributed by atoms with Crippen molar-refractivity contribution in [3.05, 3.63) is 35.4 Å². The first kappa shape index (κ1) is 15.9. The molecule has 3 N–H and O–H groups in total. The van der Waals surface area contributed by atoms with E-state index in [1.165, 1.54) is 43.5 Å². The maximum Gasteiger partial charge on any atom is 0.317 e. The third-order valence-corrected chi connectivity index (χ3v) is 6.13. The Morgan fingerprint density at radius 3 is 2.62 bits per heavy atom. The summed E-state index contributed by atoms with van der Waals surface area (Å²) in [6.45, 7) is 5.49. The minimum absolute atomic E-state index is 0.0326. The number of nitrogens with one attached hydrogen (secondary N) is 1. The van der Waals surface area contributed by atoms with Crippen molar-refractivity contribution < 1.29 is 4.79 Å². The SMILES string of the molecule is N[C@]12CC[C@H]1CN(C(=O)NCc1ccccc1CN1CCCC1)C2. The molecule has 4 rings (SSSR count). The second-order valence-electron chi connectivity index (χ2n) is 7.76. The second kappa shape index (κ2) is 6.37. The summed E-state index contributed by atoms with van der Waals surface area (Å²) in [5.41, 5.74) is 8.78. The highest BCUT2D eigenvalue weighted by molar-refractivity contribution is 5.75. The zero-order valence-electron chi connectivity index (χ0n) is 14.3. The summed E-state index contributed by atoms with van der Waals surface area (Å²) >= 11 is 0. The first-order valence-electron chi connectivity index (χ1n) is 9.25. The van der Waals surface area contributed by atoms with E-state index >= 15 is 0 Å². The highest BCUT2D eigenvalue weighted by atomic mass is 16.2. The van der Waals surface area contributed by atoms with Crippen molar-refractivity contribution in [2.75, 3.05) is 26.2 Å². The molecule has 0 spiro atoms. The molecule has 5 nitrogen and oxygen atoms in total. The minimum Gasteiger partial charge on any atom is -0.334 e. The molecule has 2 saturated heterocycles. The molecular weight excluding hydrogens is 300 g/mol. The molecule has 0 unspecified atom stereocenters. The van der Waals surface area contributed by atoms with Crippen LogP contribution >= 0.6 is 0 Å². The summed E-state index contributed by atoms with van der Waals surface area (Å²) in [5, 5.41) is 3.11. The molecule has 24 heavy (non-hydrogen) atoms. The lowest BCUT2D eigenvalue weighted by Gasteiger charge is -2.39. The van der Waals surface area contributed by atoms with E-state index in [2.05, 4.69) is 34.5 Å². The summed E-state index contributed by atoms with van der Waals surface area (Å²) in [6.07, 6.45) is 4.82. The summed E-state index contributed by atoms with van der Waals surface area (Å²) in [5.74, 6) is 0.505. The third kappa shape index (κ3) is 3.03. The van der Waals surface area contributed by atoms with Gasteiger partial charge < -0.3 is 16.0 Å². The average molecular weight is 328 g/mol. The molecule has 0 radical (unpaired) electrons. The van der Waals surface area contributed by atoms with E-state index in [0.717, 1.165) is 19.5 Å². The molecule has 1 saturated carbocycles. The van der Waals surface area contributed by atoms with Crippen molar-refractivity contribution in [3.63, 3.8) is 0 Å². The number of nitrogens with two attached hydrogens (primary N) is 1. The fraction of sp³-hybridized carbons (Fsp3) is 0.632. The topological polar surface area (TPSA) is 61.6 Å². The number of urea groups is 1. The van der Waals surface area contributed by atoms with Crippen LogP contribution in [0, 0.1) is 5.92 Å². The highest BCUT2D eigenvalue weighted by Gasteiger charge is 2.51. The van der Waals surface area contributed by atoms with E-state index in [4.69, 9.17) is 5.73 Å². The Morgan fingerprint density at radius 2 is 2.00 bits per heavy atom. The molecule has 0 bridgehead atoms. The van der Waals surface area contributed by atoms with Crippen LogP contribution in [0.25, 0.3) is 0 Å². The number of carbonyl (C=O) groups is 1. The lowest BCUT2D eigenvalue weighted by molar-refractivity contribution is 0.187. The molecule has 2 atom stereocenters. The van der Waals surface area contributed by atoms with Gasteiger partial charge in [0, 0.05) is 31.7 Å². The second-order valence-corrected chi connectivity index (χ2v) is 7.76. The Morgan fingerprint density at radius 1 is 1.25 bits per heavy atom. The Balaban J connectivity index is 1.34. The van der Waals surface area contributed by atoms with Crippen molar-refractivity contribution in [3.8, 4) is 0 Å². The van der Waals surface area contributed by atoms with Crippen molar-refractivity contribution in [2.24, 2.45) is 11.7 Å². The summed E-state index contributed by atoms with van der Waals surface area (Å²) < 4.78 is 0. The largest absolute Gasteiger partial charge is 0.334 e. The van der Waals surface area contributed by atoms with E-state index in [1.54, 1.807) is 0 Å². The molecule has 130 valence electrons. The fourth-order valence-electron chi connectivity index (χ4n) is 4.39. The predicted molar refractivity (Wildman–Crippen MR) is 94.4 cm³/mol. The Bertz CT molecular complexity index is 613. The number of hydrogen-bond donors (Lipinski definition) is 2. The smallest absolute Gasteiger partial charge is 0.317 e. The molecule has 0 aromatic heterocycles. The first-order chi connectivity index (χ1) is 11.6. The van der Waals surface area contributed by atoms with Gasteiger partial charge in [-0.2, -0.15) is 0 Å². The van der Waals surface area contributed by atoms with Crippen LogP contribution in [0.2, 0.25) is 0 Å². The number of hydrogen-bond acceptors (Lipinski definition) is 3. The van der Waals surface area contributed by atoms with Gasteiger partial charge in [-0.05, 0) is 55.8 Å². The number of nitrogens with zero attached hydrogens (tertiary/aromatic N) is 2. The third-order valence-electron chi connectivity index (χ3n) is 6.13. The molecule has 2 heterocycles. The molecule has 2 amide bonds. The number of amides is 2.